The van der Waals surface area contributed by atoms with Gasteiger partial charge in [-0.1, -0.05) is 32.4 Å². The van der Waals surface area contributed by atoms with Crippen LogP contribution in [-0.4, -0.2) is 54.4 Å². The molecule has 0 saturated carbocycles. The van der Waals surface area contributed by atoms with E-state index in [2.05, 4.69) is 18.7 Å². The maximum Gasteiger partial charge on any atom is 0.335 e. The minimum absolute atomic E-state index is 0.133. The molecule has 5 nitrogen and oxygen atoms in total. The van der Waals surface area contributed by atoms with Gasteiger partial charge in [0.05, 0.1) is 0 Å². The van der Waals surface area contributed by atoms with Gasteiger partial charge in [-0.25, -0.2) is 9.18 Å². The van der Waals surface area contributed by atoms with Crippen LogP contribution in [0.3, 0.4) is 0 Å². The van der Waals surface area contributed by atoms with Crippen molar-refractivity contribution in [2.24, 2.45) is 5.92 Å². The number of piperidine rings is 1. The molecule has 1 fully saturated rings. The largest absolute Gasteiger partial charge is 0.446 e. The van der Waals surface area contributed by atoms with Crippen molar-refractivity contribution in [3.8, 4) is 0 Å². The van der Waals surface area contributed by atoms with Gasteiger partial charge in [0.2, 0.25) is 5.91 Å². The number of likely N-dealkylation sites (tertiary alicyclic amines) is 1. The minimum atomic E-state index is -0.917. The number of hydrogen-bond acceptors (Lipinski definition) is 4. The number of ether oxygens (including phenoxy) is 1. The van der Waals surface area contributed by atoms with E-state index < -0.39 is 5.60 Å². The lowest BCUT2D eigenvalue weighted by Gasteiger charge is -2.37. The average molecular weight is 429 g/mol. The molecule has 1 saturated heterocycles. The number of cyclic esters (lactones) is 1. The van der Waals surface area contributed by atoms with Gasteiger partial charge in [-0.3, -0.25) is 4.79 Å². The second-order valence-electron chi connectivity index (χ2n) is 9.50. The number of carbonyl (C=O) groups is 2. The van der Waals surface area contributed by atoms with Crippen molar-refractivity contribution < 1.29 is 18.7 Å². The highest BCUT2D eigenvalue weighted by Crippen LogP contribution is 2.48. The minimum Gasteiger partial charge on any atom is -0.446 e. The van der Waals surface area contributed by atoms with Gasteiger partial charge in [0, 0.05) is 42.8 Å². The van der Waals surface area contributed by atoms with E-state index in [1.54, 1.807) is 12.1 Å². The zero-order chi connectivity index (χ0) is 22.0. The second kappa shape index (κ2) is 9.11. The number of nitrogens with zero attached hydrogens (tertiary/aromatic N) is 2. The van der Waals surface area contributed by atoms with E-state index in [0.29, 0.717) is 37.9 Å². The number of rotatable bonds is 6. The quantitative estimate of drug-likeness (QED) is 0.642. The number of carbonyl (C=O) groups excluding carboxylic acids is 2. The predicted octanol–water partition coefficient (Wildman–Crippen LogP) is 4.03. The van der Waals surface area contributed by atoms with Gasteiger partial charge in [-0.2, -0.15) is 0 Å². The van der Waals surface area contributed by atoms with Gasteiger partial charge in [0.1, 0.15) is 5.82 Å². The molecule has 3 heterocycles. The molecule has 1 aromatic rings. The zero-order valence-corrected chi connectivity index (χ0v) is 18.7. The number of amides is 1. The third-order valence-corrected chi connectivity index (χ3v) is 6.80. The van der Waals surface area contributed by atoms with Crippen molar-refractivity contribution in [2.75, 3.05) is 32.7 Å². The molecule has 4 rings (SSSR count). The Kier molecular flexibility index (Phi) is 6.47. The summed E-state index contributed by atoms with van der Waals surface area (Å²) in [7, 11) is 0. The maximum absolute atomic E-state index is 13.6. The zero-order valence-electron chi connectivity index (χ0n) is 18.7. The van der Waals surface area contributed by atoms with Crippen molar-refractivity contribution in [2.45, 2.75) is 58.0 Å². The van der Waals surface area contributed by atoms with Crippen molar-refractivity contribution in [3.63, 3.8) is 0 Å². The Hall–Kier alpha value is -2.21. The first-order valence-electron chi connectivity index (χ1n) is 11.6. The van der Waals surface area contributed by atoms with E-state index in [0.717, 1.165) is 30.8 Å². The Labute approximate surface area is 184 Å². The fourth-order valence-corrected chi connectivity index (χ4v) is 5.26. The molecule has 0 aromatic heterocycles. The van der Waals surface area contributed by atoms with Crippen LogP contribution in [0, 0.1) is 11.7 Å². The van der Waals surface area contributed by atoms with Crippen LogP contribution in [0.1, 0.15) is 57.9 Å². The number of esters is 1. The molecule has 3 aliphatic heterocycles. The van der Waals surface area contributed by atoms with E-state index in [4.69, 9.17) is 4.74 Å². The van der Waals surface area contributed by atoms with Crippen molar-refractivity contribution >= 4 is 11.9 Å². The summed E-state index contributed by atoms with van der Waals surface area (Å²) in [4.78, 5) is 30.1. The topological polar surface area (TPSA) is 49.9 Å². The van der Waals surface area contributed by atoms with Gasteiger partial charge in [-0.15, -0.1) is 0 Å². The standard InChI is InChI=1S/C25H33FN2O3/c1-18(2)16-25(19-6-8-20(26)9-7-19)22-17-28(15-10-21(22)24(30)31-25)23(29)11-14-27-12-4-3-5-13-27/h6-9,18H,3-5,10-17H2,1-2H3. The summed E-state index contributed by atoms with van der Waals surface area (Å²) in [6, 6.07) is 6.23. The summed E-state index contributed by atoms with van der Waals surface area (Å²) in [6.07, 6.45) is 5.34. The van der Waals surface area contributed by atoms with Crippen LogP contribution >= 0.6 is 0 Å². The van der Waals surface area contributed by atoms with E-state index in [9.17, 15) is 14.0 Å². The first-order valence-corrected chi connectivity index (χ1v) is 11.6. The van der Waals surface area contributed by atoms with Crippen LogP contribution in [0.5, 0.6) is 0 Å². The van der Waals surface area contributed by atoms with Crippen molar-refractivity contribution in [1.29, 1.82) is 0 Å². The third-order valence-electron chi connectivity index (χ3n) is 6.80. The normalized spacial score (nSPS) is 24.5. The lowest BCUT2D eigenvalue weighted by molar-refractivity contribution is -0.149. The molecule has 1 unspecified atom stereocenters. The summed E-state index contributed by atoms with van der Waals surface area (Å²) in [5.74, 6) is -0.218. The van der Waals surface area contributed by atoms with Gasteiger partial charge in [0.25, 0.3) is 0 Å². The van der Waals surface area contributed by atoms with Gasteiger partial charge >= 0.3 is 5.97 Å². The fraction of sp³-hybridized carbons (Fsp3) is 0.600. The van der Waals surface area contributed by atoms with Crippen LogP contribution in [0.15, 0.2) is 35.4 Å². The Morgan fingerprint density at radius 1 is 1.13 bits per heavy atom. The number of benzene rings is 1. The van der Waals surface area contributed by atoms with Gasteiger partial charge in [-0.05, 0) is 56.8 Å². The lowest BCUT2D eigenvalue weighted by Crippen LogP contribution is -2.43. The monoisotopic (exact) mass is 428 g/mol. The molecule has 6 heteroatoms. The molecule has 1 atom stereocenters. The molecule has 0 spiro atoms. The van der Waals surface area contributed by atoms with E-state index >= 15 is 0 Å². The van der Waals surface area contributed by atoms with Crippen LogP contribution in [0.25, 0.3) is 0 Å². The average Bonchev–Trinajstić information content (AvgIpc) is 3.04. The van der Waals surface area contributed by atoms with Crippen molar-refractivity contribution in [1.82, 2.24) is 9.80 Å². The molecular weight excluding hydrogens is 395 g/mol. The first kappa shape index (κ1) is 22.0. The van der Waals surface area contributed by atoms with E-state index in [1.807, 2.05) is 4.90 Å². The highest BCUT2D eigenvalue weighted by molar-refractivity contribution is 5.94. The highest BCUT2D eigenvalue weighted by Gasteiger charge is 2.50. The SMILES string of the molecule is CC(C)CC1(c2ccc(F)cc2)OC(=O)C2=C1CN(C(=O)CCN1CCCCC1)CC2. The molecule has 168 valence electrons. The second-order valence-corrected chi connectivity index (χ2v) is 9.50. The summed E-state index contributed by atoms with van der Waals surface area (Å²) >= 11 is 0. The Balaban J connectivity index is 1.55. The molecule has 0 aliphatic carbocycles. The maximum atomic E-state index is 13.6. The summed E-state index contributed by atoms with van der Waals surface area (Å²) in [6.45, 7) is 8.08. The third kappa shape index (κ3) is 4.54. The number of hydrogen-bond donors (Lipinski definition) is 0. The summed E-state index contributed by atoms with van der Waals surface area (Å²) in [5.41, 5.74) is 1.45. The lowest BCUT2D eigenvalue weighted by atomic mass is 9.77. The van der Waals surface area contributed by atoms with Crippen LogP contribution in [0.2, 0.25) is 0 Å². The Bertz CT molecular complexity index is 858. The van der Waals surface area contributed by atoms with Crippen LogP contribution in [-0.2, 0) is 19.9 Å². The molecule has 3 aliphatic rings. The number of halogens is 1. The van der Waals surface area contributed by atoms with Crippen molar-refractivity contribution in [3.05, 3.63) is 46.8 Å². The summed E-state index contributed by atoms with van der Waals surface area (Å²) < 4.78 is 19.6. The van der Waals surface area contributed by atoms with E-state index in [-0.39, 0.29) is 23.6 Å². The van der Waals surface area contributed by atoms with Gasteiger partial charge < -0.3 is 14.5 Å². The first-order chi connectivity index (χ1) is 14.9. The van der Waals surface area contributed by atoms with Crippen LogP contribution < -0.4 is 0 Å². The summed E-state index contributed by atoms with van der Waals surface area (Å²) in [5, 5.41) is 0. The molecule has 0 N–H and O–H groups in total. The smallest absolute Gasteiger partial charge is 0.335 e. The predicted molar refractivity (Wildman–Crippen MR) is 117 cm³/mol. The fourth-order valence-electron chi connectivity index (χ4n) is 5.26. The Morgan fingerprint density at radius 3 is 2.52 bits per heavy atom. The van der Waals surface area contributed by atoms with E-state index in [1.165, 1.54) is 31.4 Å². The van der Waals surface area contributed by atoms with Crippen LogP contribution in [0.4, 0.5) is 4.39 Å². The molecule has 1 amide bonds. The molecule has 31 heavy (non-hydrogen) atoms. The highest BCUT2D eigenvalue weighted by atomic mass is 19.1. The Morgan fingerprint density at radius 2 is 1.84 bits per heavy atom. The van der Waals surface area contributed by atoms with Gasteiger partial charge in [0.15, 0.2) is 5.60 Å². The molecular formula is C25H33FN2O3. The molecule has 1 aromatic carbocycles. The molecule has 0 radical (unpaired) electrons. The molecule has 0 bridgehead atoms.